The Morgan fingerprint density at radius 3 is 2.56 bits per heavy atom. The van der Waals surface area contributed by atoms with Gasteiger partial charge in [0.2, 0.25) is 0 Å². The molecule has 1 N–H and O–H groups in total. The van der Waals surface area contributed by atoms with Crippen molar-refractivity contribution in [3.05, 3.63) is 91.8 Å². The van der Waals surface area contributed by atoms with Gasteiger partial charge in [-0.2, -0.15) is 5.26 Å². The molecule has 0 bridgehead atoms. The summed E-state index contributed by atoms with van der Waals surface area (Å²) in [5.41, 5.74) is 4.09. The normalized spacial score (nSPS) is 11.0. The van der Waals surface area contributed by atoms with Crippen LogP contribution in [-0.4, -0.2) is 12.5 Å². The van der Waals surface area contributed by atoms with Crippen molar-refractivity contribution in [1.29, 1.82) is 5.26 Å². The zero-order valence-electron chi connectivity index (χ0n) is 19.1. The number of aryl methyl sites for hydroxylation is 1. The number of hydrogen-bond acceptors (Lipinski definition) is 4. The van der Waals surface area contributed by atoms with Crippen molar-refractivity contribution >= 4 is 40.3 Å². The van der Waals surface area contributed by atoms with Crippen molar-refractivity contribution in [2.45, 2.75) is 27.4 Å². The number of carbonyl (C=O) groups excluding carboxylic acids is 1. The number of halogens is 2. The van der Waals surface area contributed by atoms with Crippen LogP contribution in [0.15, 0.2) is 60.2 Å². The van der Waals surface area contributed by atoms with Crippen molar-refractivity contribution < 1.29 is 18.7 Å². The van der Waals surface area contributed by atoms with Gasteiger partial charge in [-0.1, -0.05) is 24.3 Å². The Morgan fingerprint density at radius 1 is 1.15 bits per heavy atom. The number of nitriles is 1. The fourth-order valence-electron chi connectivity index (χ4n) is 3.20. The molecule has 0 fully saturated rings. The maximum Gasteiger partial charge on any atom is 0.266 e. The summed E-state index contributed by atoms with van der Waals surface area (Å²) < 4.78 is 25.6. The molecule has 5 nitrogen and oxygen atoms in total. The highest BCUT2D eigenvalue weighted by Crippen LogP contribution is 2.35. The molecule has 3 aromatic rings. The standard InChI is InChI=1S/C27H24FIN2O3/c1-4-33-25-14-20(13-23(29)26(25)34-16-19-8-10-22(28)11-9-19)12-21(15-30)27(32)31-24-7-5-6-17(2)18(24)3/h5-14H,4,16H2,1-3H3,(H,31,32)/b21-12+. The number of carbonyl (C=O) groups is 1. The highest BCUT2D eigenvalue weighted by molar-refractivity contribution is 14.1. The number of rotatable bonds is 8. The lowest BCUT2D eigenvalue weighted by atomic mass is 10.1. The van der Waals surface area contributed by atoms with Gasteiger partial charge >= 0.3 is 0 Å². The molecule has 0 atom stereocenters. The van der Waals surface area contributed by atoms with Gasteiger partial charge in [-0.25, -0.2) is 4.39 Å². The molecule has 0 unspecified atom stereocenters. The van der Waals surface area contributed by atoms with Gasteiger partial charge in [0.25, 0.3) is 5.91 Å². The first-order valence-corrected chi connectivity index (χ1v) is 11.7. The Balaban J connectivity index is 1.86. The summed E-state index contributed by atoms with van der Waals surface area (Å²) in [4.78, 5) is 12.8. The lowest BCUT2D eigenvalue weighted by Gasteiger charge is -2.15. The van der Waals surface area contributed by atoms with E-state index < -0.39 is 5.91 Å². The van der Waals surface area contributed by atoms with E-state index in [0.29, 0.717) is 29.4 Å². The molecule has 0 saturated carbocycles. The van der Waals surface area contributed by atoms with E-state index in [1.54, 1.807) is 24.3 Å². The number of nitrogens with zero attached hydrogens (tertiary/aromatic N) is 1. The van der Waals surface area contributed by atoms with Crippen LogP contribution in [0.2, 0.25) is 0 Å². The third-order valence-electron chi connectivity index (χ3n) is 5.16. The molecule has 0 aliphatic carbocycles. The molecule has 0 heterocycles. The highest BCUT2D eigenvalue weighted by atomic mass is 127. The minimum Gasteiger partial charge on any atom is -0.490 e. The molecule has 34 heavy (non-hydrogen) atoms. The maximum atomic E-state index is 13.2. The smallest absolute Gasteiger partial charge is 0.266 e. The summed E-state index contributed by atoms with van der Waals surface area (Å²) in [6.45, 7) is 6.39. The Kier molecular flexibility index (Phi) is 8.66. The Labute approximate surface area is 212 Å². The van der Waals surface area contributed by atoms with E-state index in [0.717, 1.165) is 20.3 Å². The summed E-state index contributed by atoms with van der Waals surface area (Å²) in [6, 6.07) is 17.2. The summed E-state index contributed by atoms with van der Waals surface area (Å²) in [7, 11) is 0. The third kappa shape index (κ3) is 6.35. The van der Waals surface area contributed by atoms with Crippen LogP contribution >= 0.6 is 22.6 Å². The van der Waals surface area contributed by atoms with Crippen LogP contribution in [0.25, 0.3) is 6.08 Å². The molecule has 7 heteroatoms. The first kappa shape index (κ1) is 25.2. The summed E-state index contributed by atoms with van der Waals surface area (Å²) >= 11 is 2.12. The van der Waals surface area contributed by atoms with Gasteiger partial charge in [-0.05, 0) is 102 Å². The average molecular weight is 570 g/mol. The largest absolute Gasteiger partial charge is 0.490 e. The molecule has 174 valence electrons. The molecule has 3 rings (SSSR count). The second-order valence-electron chi connectivity index (χ2n) is 7.55. The van der Waals surface area contributed by atoms with Crippen LogP contribution < -0.4 is 14.8 Å². The zero-order chi connectivity index (χ0) is 24.7. The highest BCUT2D eigenvalue weighted by Gasteiger charge is 2.15. The average Bonchev–Trinajstić information content (AvgIpc) is 2.81. The van der Waals surface area contributed by atoms with Crippen LogP contribution in [0.3, 0.4) is 0 Å². The van der Waals surface area contributed by atoms with Crippen molar-refractivity contribution in [1.82, 2.24) is 0 Å². The van der Waals surface area contributed by atoms with E-state index in [-0.39, 0.29) is 18.0 Å². The lowest BCUT2D eigenvalue weighted by molar-refractivity contribution is -0.112. The van der Waals surface area contributed by atoms with Crippen molar-refractivity contribution in [3.63, 3.8) is 0 Å². The van der Waals surface area contributed by atoms with E-state index in [1.165, 1.54) is 18.2 Å². The molecular weight excluding hydrogens is 546 g/mol. The molecule has 0 radical (unpaired) electrons. The van der Waals surface area contributed by atoms with Crippen molar-refractivity contribution in [3.8, 4) is 17.6 Å². The van der Waals surface area contributed by atoms with Gasteiger partial charge in [0.1, 0.15) is 24.1 Å². The monoisotopic (exact) mass is 570 g/mol. The van der Waals surface area contributed by atoms with E-state index in [4.69, 9.17) is 9.47 Å². The molecule has 1 amide bonds. The van der Waals surface area contributed by atoms with Gasteiger partial charge in [0.15, 0.2) is 11.5 Å². The first-order valence-electron chi connectivity index (χ1n) is 10.6. The van der Waals surface area contributed by atoms with Gasteiger partial charge in [0.05, 0.1) is 10.2 Å². The molecule has 0 spiro atoms. The summed E-state index contributed by atoms with van der Waals surface area (Å²) in [5.74, 6) is 0.248. The van der Waals surface area contributed by atoms with Crippen LogP contribution in [-0.2, 0) is 11.4 Å². The van der Waals surface area contributed by atoms with Crippen LogP contribution in [0.4, 0.5) is 10.1 Å². The molecule has 0 aliphatic rings. The second kappa shape index (κ2) is 11.7. The molecule has 0 aliphatic heterocycles. The van der Waals surface area contributed by atoms with Crippen LogP contribution in [0.1, 0.15) is 29.2 Å². The number of anilines is 1. The Bertz CT molecular complexity index is 1260. The van der Waals surface area contributed by atoms with Gasteiger partial charge < -0.3 is 14.8 Å². The van der Waals surface area contributed by atoms with Crippen LogP contribution in [0.5, 0.6) is 11.5 Å². The molecular formula is C27H24FIN2O3. The number of ether oxygens (including phenoxy) is 2. The molecule has 3 aromatic carbocycles. The minimum atomic E-state index is -0.485. The van der Waals surface area contributed by atoms with E-state index in [1.807, 2.05) is 45.0 Å². The first-order chi connectivity index (χ1) is 16.3. The predicted octanol–water partition coefficient (Wildman–Crippen LogP) is 6.57. The number of nitrogens with one attached hydrogen (secondary N) is 1. The van der Waals surface area contributed by atoms with Gasteiger partial charge in [-0.3, -0.25) is 4.79 Å². The van der Waals surface area contributed by atoms with E-state index >= 15 is 0 Å². The van der Waals surface area contributed by atoms with E-state index in [9.17, 15) is 14.4 Å². The van der Waals surface area contributed by atoms with Crippen LogP contribution in [0, 0.1) is 34.6 Å². The number of amides is 1. The quantitative estimate of drug-likeness (QED) is 0.189. The maximum absolute atomic E-state index is 13.2. The third-order valence-corrected chi connectivity index (χ3v) is 5.96. The zero-order valence-corrected chi connectivity index (χ0v) is 21.3. The second-order valence-corrected chi connectivity index (χ2v) is 8.71. The van der Waals surface area contributed by atoms with Crippen molar-refractivity contribution in [2.24, 2.45) is 0 Å². The minimum absolute atomic E-state index is 0.0286. The number of hydrogen-bond donors (Lipinski definition) is 1. The van der Waals surface area contributed by atoms with Gasteiger partial charge in [0, 0.05) is 5.69 Å². The number of benzene rings is 3. The summed E-state index contributed by atoms with van der Waals surface area (Å²) in [5, 5.41) is 12.4. The van der Waals surface area contributed by atoms with Gasteiger partial charge in [-0.15, -0.1) is 0 Å². The molecule has 0 aromatic heterocycles. The fourth-order valence-corrected chi connectivity index (χ4v) is 3.98. The SMILES string of the molecule is CCOc1cc(/C=C(\C#N)C(=O)Nc2cccc(C)c2C)cc(I)c1OCc1ccc(F)cc1. The predicted molar refractivity (Wildman–Crippen MR) is 139 cm³/mol. The Hall–Kier alpha value is -3.38. The fraction of sp³-hybridized carbons (Fsp3) is 0.185. The summed E-state index contributed by atoms with van der Waals surface area (Å²) in [6.07, 6.45) is 1.52. The lowest BCUT2D eigenvalue weighted by Crippen LogP contribution is -2.14. The topological polar surface area (TPSA) is 71.3 Å². The van der Waals surface area contributed by atoms with E-state index in [2.05, 4.69) is 27.9 Å². The molecule has 0 saturated heterocycles. The Morgan fingerprint density at radius 2 is 1.88 bits per heavy atom. The van der Waals surface area contributed by atoms with Crippen molar-refractivity contribution in [2.75, 3.05) is 11.9 Å².